The van der Waals surface area contributed by atoms with Crippen LogP contribution in [0.4, 0.5) is 0 Å². The smallest absolute Gasteiger partial charge is 0.0843 e. The van der Waals surface area contributed by atoms with E-state index >= 15 is 0 Å². The Morgan fingerprint density at radius 3 is 2.48 bits per heavy atom. The molecule has 1 heterocycles. The van der Waals surface area contributed by atoms with Crippen LogP contribution >= 0.6 is 0 Å². The van der Waals surface area contributed by atoms with E-state index in [0.717, 1.165) is 6.54 Å². The van der Waals surface area contributed by atoms with Crippen LogP contribution in [0.5, 0.6) is 0 Å². The standard InChI is InChI=1S/C20H24N2O/c1-15-16(2)22(20-11-7-6-10-19(15)20)14-18(23)13-21-12-17-8-4-3-5-9-17/h3-11,18,21,23H,12-14H2,1-2H3/t18-/m0/s1. The molecule has 3 aromatic rings. The summed E-state index contributed by atoms with van der Waals surface area (Å²) in [5, 5.41) is 15.0. The maximum absolute atomic E-state index is 10.4. The van der Waals surface area contributed by atoms with Gasteiger partial charge in [0.1, 0.15) is 0 Å². The highest BCUT2D eigenvalue weighted by Gasteiger charge is 2.13. The van der Waals surface area contributed by atoms with Crippen molar-refractivity contribution in [3.05, 3.63) is 71.4 Å². The molecule has 0 aliphatic heterocycles. The molecule has 0 unspecified atom stereocenters. The van der Waals surface area contributed by atoms with Gasteiger partial charge in [-0.3, -0.25) is 0 Å². The number of rotatable bonds is 6. The molecule has 3 rings (SSSR count). The Kier molecular flexibility index (Phi) is 4.79. The Bertz CT molecular complexity index is 777. The maximum Gasteiger partial charge on any atom is 0.0843 e. The lowest BCUT2D eigenvalue weighted by atomic mass is 10.2. The highest BCUT2D eigenvalue weighted by molar-refractivity contribution is 5.85. The van der Waals surface area contributed by atoms with Crippen LogP contribution in [0, 0.1) is 13.8 Å². The molecule has 0 spiro atoms. The largest absolute Gasteiger partial charge is 0.390 e. The van der Waals surface area contributed by atoms with Gasteiger partial charge in [0, 0.05) is 29.7 Å². The van der Waals surface area contributed by atoms with Gasteiger partial charge in [-0.1, -0.05) is 48.5 Å². The maximum atomic E-state index is 10.4. The molecular formula is C20H24N2O. The number of benzene rings is 2. The lowest BCUT2D eigenvalue weighted by Crippen LogP contribution is -2.30. The predicted octanol–water partition coefficient (Wildman–Crippen LogP) is 3.41. The lowest BCUT2D eigenvalue weighted by molar-refractivity contribution is 0.152. The third kappa shape index (κ3) is 3.46. The fourth-order valence-corrected chi connectivity index (χ4v) is 3.09. The number of aromatic nitrogens is 1. The SMILES string of the molecule is Cc1c(C)n(C[C@@H](O)CNCc2ccccc2)c2ccccc12. The quantitative estimate of drug-likeness (QED) is 0.732. The van der Waals surface area contributed by atoms with Gasteiger partial charge in [-0.25, -0.2) is 0 Å². The molecule has 0 saturated heterocycles. The number of hydrogen-bond acceptors (Lipinski definition) is 2. The van der Waals surface area contributed by atoms with Gasteiger partial charge >= 0.3 is 0 Å². The topological polar surface area (TPSA) is 37.2 Å². The molecule has 0 fully saturated rings. The van der Waals surface area contributed by atoms with Crippen LogP contribution in [0.1, 0.15) is 16.8 Å². The molecule has 1 atom stereocenters. The minimum atomic E-state index is -0.410. The number of fused-ring (bicyclic) bond motifs is 1. The summed E-state index contributed by atoms with van der Waals surface area (Å²) >= 11 is 0. The number of aliphatic hydroxyl groups excluding tert-OH is 1. The molecule has 23 heavy (non-hydrogen) atoms. The van der Waals surface area contributed by atoms with Crippen molar-refractivity contribution in [3.8, 4) is 0 Å². The van der Waals surface area contributed by atoms with E-state index in [1.165, 1.54) is 27.7 Å². The zero-order valence-corrected chi connectivity index (χ0v) is 13.8. The monoisotopic (exact) mass is 308 g/mol. The van der Waals surface area contributed by atoms with Crippen molar-refractivity contribution in [2.75, 3.05) is 6.54 Å². The molecule has 0 amide bonds. The van der Waals surface area contributed by atoms with E-state index in [0.29, 0.717) is 13.1 Å². The first-order valence-electron chi connectivity index (χ1n) is 8.14. The number of aliphatic hydroxyl groups is 1. The first-order chi connectivity index (χ1) is 11.2. The van der Waals surface area contributed by atoms with Crippen LogP contribution in [0.25, 0.3) is 10.9 Å². The first kappa shape index (κ1) is 15.8. The molecular weight excluding hydrogens is 284 g/mol. The van der Waals surface area contributed by atoms with Gasteiger partial charge in [0.05, 0.1) is 12.6 Å². The summed E-state index contributed by atoms with van der Waals surface area (Å²) in [5.41, 5.74) is 4.96. The summed E-state index contributed by atoms with van der Waals surface area (Å²) in [6.07, 6.45) is -0.410. The van der Waals surface area contributed by atoms with Crippen molar-refractivity contribution >= 4 is 10.9 Å². The third-order valence-electron chi connectivity index (χ3n) is 4.49. The minimum absolute atomic E-state index is 0.410. The Balaban J connectivity index is 1.64. The summed E-state index contributed by atoms with van der Waals surface area (Å²) in [4.78, 5) is 0. The third-order valence-corrected chi connectivity index (χ3v) is 4.49. The molecule has 120 valence electrons. The Morgan fingerprint density at radius 1 is 1.00 bits per heavy atom. The van der Waals surface area contributed by atoms with Gasteiger partial charge in [0.2, 0.25) is 0 Å². The fraction of sp³-hybridized carbons (Fsp3) is 0.300. The normalized spacial score (nSPS) is 12.7. The number of para-hydroxylation sites is 1. The summed E-state index contributed by atoms with van der Waals surface area (Å²) in [6.45, 7) is 6.25. The highest BCUT2D eigenvalue weighted by Crippen LogP contribution is 2.25. The Hall–Kier alpha value is -2.10. The summed E-state index contributed by atoms with van der Waals surface area (Å²) in [6, 6.07) is 18.7. The van der Waals surface area contributed by atoms with E-state index in [4.69, 9.17) is 0 Å². The average Bonchev–Trinajstić information content (AvgIpc) is 2.81. The van der Waals surface area contributed by atoms with Crippen molar-refractivity contribution in [1.29, 1.82) is 0 Å². The predicted molar refractivity (Wildman–Crippen MR) is 95.6 cm³/mol. The van der Waals surface area contributed by atoms with Crippen LogP contribution < -0.4 is 5.32 Å². The van der Waals surface area contributed by atoms with Crippen LogP contribution in [-0.4, -0.2) is 22.3 Å². The number of nitrogens with zero attached hydrogens (tertiary/aromatic N) is 1. The zero-order valence-electron chi connectivity index (χ0n) is 13.8. The van der Waals surface area contributed by atoms with Gasteiger partial charge in [-0.05, 0) is 31.0 Å². The Morgan fingerprint density at radius 2 is 1.70 bits per heavy atom. The van der Waals surface area contributed by atoms with E-state index in [1.807, 2.05) is 18.2 Å². The van der Waals surface area contributed by atoms with Gasteiger partial charge in [0.15, 0.2) is 0 Å². The van der Waals surface area contributed by atoms with E-state index < -0.39 is 6.10 Å². The zero-order chi connectivity index (χ0) is 16.2. The number of nitrogens with one attached hydrogen (secondary N) is 1. The molecule has 2 aromatic carbocycles. The number of hydrogen-bond donors (Lipinski definition) is 2. The summed E-state index contributed by atoms with van der Waals surface area (Å²) in [7, 11) is 0. The summed E-state index contributed by atoms with van der Waals surface area (Å²) in [5.74, 6) is 0. The highest BCUT2D eigenvalue weighted by atomic mass is 16.3. The molecule has 0 bridgehead atoms. The minimum Gasteiger partial charge on any atom is -0.390 e. The molecule has 3 nitrogen and oxygen atoms in total. The van der Waals surface area contributed by atoms with Crippen LogP contribution in [0.3, 0.4) is 0 Å². The second-order valence-corrected chi connectivity index (χ2v) is 6.11. The van der Waals surface area contributed by atoms with Crippen molar-refractivity contribution in [2.24, 2.45) is 0 Å². The van der Waals surface area contributed by atoms with Gasteiger partial charge in [-0.2, -0.15) is 0 Å². The van der Waals surface area contributed by atoms with Crippen molar-refractivity contribution in [2.45, 2.75) is 33.0 Å². The molecule has 0 saturated carbocycles. The van der Waals surface area contributed by atoms with E-state index in [1.54, 1.807) is 0 Å². The van der Waals surface area contributed by atoms with Gasteiger partial charge in [0.25, 0.3) is 0 Å². The fourth-order valence-electron chi connectivity index (χ4n) is 3.09. The molecule has 0 aliphatic carbocycles. The van der Waals surface area contributed by atoms with Crippen molar-refractivity contribution in [3.63, 3.8) is 0 Å². The van der Waals surface area contributed by atoms with Gasteiger partial charge < -0.3 is 15.0 Å². The second kappa shape index (κ2) is 6.99. The van der Waals surface area contributed by atoms with E-state index in [9.17, 15) is 5.11 Å². The molecule has 2 N–H and O–H groups in total. The van der Waals surface area contributed by atoms with E-state index in [2.05, 4.69) is 60.1 Å². The summed E-state index contributed by atoms with van der Waals surface area (Å²) < 4.78 is 2.22. The lowest BCUT2D eigenvalue weighted by Gasteiger charge is -2.15. The molecule has 1 aromatic heterocycles. The first-order valence-corrected chi connectivity index (χ1v) is 8.14. The van der Waals surface area contributed by atoms with Crippen LogP contribution in [0.15, 0.2) is 54.6 Å². The Labute approximate surface area is 137 Å². The van der Waals surface area contributed by atoms with Gasteiger partial charge in [-0.15, -0.1) is 0 Å². The molecule has 3 heteroatoms. The molecule has 0 aliphatic rings. The molecule has 0 radical (unpaired) electrons. The average molecular weight is 308 g/mol. The van der Waals surface area contributed by atoms with E-state index in [-0.39, 0.29) is 0 Å². The second-order valence-electron chi connectivity index (χ2n) is 6.11. The van der Waals surface area contributed by atoms with Crippen molar-refractivity contribution < 1.29 is 5.11 Å². The van der Waals surface area contributed by atoms with Crippen LogP contribution in [0.2, 0.25) is 0 Å². The number of aryl methyl sites for hydroxylation is 1. The van der Waals surface area contributed by atoms with Crippen molar-refractivity contribution in [1.82, 2.24) is 9.88 Å². The van der Waals surface area contributed by atoms with Crippen LogP contribution in [-0.2, 0) is 13.1 Å².